The molecule has 6 nitrogen and oxygen atoms in total. The molecule has 1 atom stereocenters. The zero-order valence-electron chi connectivity index (χ0n) is 20.0. The van der Waals surface area contributed by atoms with Gasteiger partial charge < -0.3 is 0 Å². The SMILES string of the molecule is Cc1c(N[S+](=O)(O)c2ccc(-c3cccc(CN4CCCC4)c3)cc2)c(CC(C)C)nn1C. The van der Waals surface area contributed by atoms with Gasteiger partial charge in [-0.25, -0.2) is 0 Å². The molecule has 0 amide bonds. The molecule has 2 N–H and O–H groups in total. The molecule has 3 aromatic rings. The van der Waals surface area contributed by atoms with Crippen molar-refractivity contribution in [1.29, 1.82) is 0 Å². The molecule has 1 saturated heterocycles. The van der Waals surface area contributed by atoms with Crippen LogP contribution < -0.4 is 4.72 Å². The predicted molar refractivity (Wildman–Crippen MR) is 135 cm³/mol. The molecule has 1 aliphatic rings. The molecule has 1 unspecified atom stereocenters. The number of aryl methyl sites for hydroxylation is 1. The number of hydrogen-bond acceptors (Lipinski definition) is 3. The zero-order valence-corrected chi connectivity index (χ0v) is 20.9. The Morgan fingerprint density at radius 1 is 1.09 bits per heavy atom. The van der Waals surface area contributed by atoms with Gasteiger partial charge in [-0.2, -0.15) is 14.4 Å². The van der Waals surface area contributed by atoms with Crippen molar-refractivity contribution >= 4 is 16.1 Å². The quantitative estimate of drug-likeness (QED) is 0.426. The monoisotopic (exact) mass is 467 g/mol. The molecule has 176 valence electrons. The summed E-state index contributed by atoms with van der Waals surface area (Å²) in [4.78, 5) is 2.85. The second-order valence-corrected chi connectivity index (χ2v) is 11.2. The second kappa shape index (κ2) is 9.79. The summed E-state index contributed by atoms with van der Waals surface area (Å²) in [5.41, 5.74) is 5.78. The Bertz CT molecular complexity index is 1150. The fraction of sp³-hybridized carbons (Fsp3) is 0.423. The Balaban J connectivity index is 1.53. The molecule has 2 aromatic carbocycles. The Morgan fingerprint density at radius 3 is 2.45 bits per heavy atom. The smallest absolute Gasteiger partial charge is 0.299 e. The zero-order chi connectivity index (χ0) is 23.6. The van der Waals surface area contributed by atoms with Crippen LogP contribution in [0.15, 0.2) is 53.4 Å². The number of likely N-dealkylation sites (tertiary alicyclic amines) is 1. The fourth-order valence-corrected chi connectivity index (χ4v) is 5.58. The van der Waals surface area contributed by atoms with Crippen LogP contribution in [0.1, 0.15) is 43.6 Å². The van der Waals surface area contributed by atoms with Crippen LogP contribution in [0.3, 0.4) is 0 Å². The summed E-state index contributed by atoms with van der Waals surface area (Å²) in [5.74, 6) is 0.398. The van der Waals surface area contributed by atoms with Crippen LogP contribution in [0.2, 0.25) is 0 Å². The maximum atomic E-state index is 13.3. The van der Waals surface area contributed by atoms with Gasteiger partial charge in [0.2, 0.25) is 4.90 Å². The lowest BCUT2D eigenvalue weighted by Crippen LogP contribution is -2.21. The number of anilines is 1. The van der Waals surface area contributed by atoms with Crippen LogP contribution in [0.4, 0.5) is 5.69 Å². The van der Waals surface area contributed by atoms with Crippen molar-refractivity contribution in [2.45, 2.75) is 51.5 Å². The van der Waals surface area contributed by atoms with Gasteiger partial charge >= 0.3 is 10.4 Å². The Morgan fingerprint density at radius 2 is 1.79 bits per heavy atom. The Hall–Kier alpha value is -2.48. The molecule has 1 aliphatic heterocycles. The molecule has 0 radical (unpaired) electrons. The van der Waals surface area contributed by atoms with E-state index in [9.17, 15) is 8.76 Å². The summed E-state index contributed by atoms with van der Waals surface area (Å²) in [6, 6.07) is 15.9. The maximum absolute atomic E-state index is 13.3. The van der Waals surface area contributed by atoms with Crippen molar-refractivity contribution in [3.63, 3.8) is 0 Å². The lowest BCUT2D eigenvalue weighted by molar-refractivity contribution is 0.331. The van der Waals surface area contributed by atoms with Gasteiger partial charge in [-0.05, 0) is 96.4 Å². The molecule has 0 aliphatic carbocycles. The largest absolute Gasteiger partial charge is 0.346 e. The van der Waals surface area contributed by atoms with Crippen molar-refractivity contribution < 1.29 is 8.76 Å². The van der Waals surface area contributed by atoms with Crippen molar-refractivity contribution in [3.05, 3.63) is 65.5 Å². The summed E-state index contributed by atoms with van der Waals surface area (Å²) in [6.07, 6.45) is 3.31. The van der Waals surface area contributed by atoms with Crippen LogP contribution in [0, 0.1) is 12.8 Å². The number of rotatable bonds is 8. The average Bonchev–Trinajstić information content (AvgIpc) is 3.37. The van der Waals surface area contributed by atoms with Gasteiger partial charge in [-0.1, -0.05) is 32.0 Å². The normalized spacial score (nSPS) is 16.3. The van der Waals surface area contributed by atoms with E-state index >= 15 is 0 Å². The first-order chi connectivity index (χ1) is 15.7. The van der Waals surface area contributed by atoms with Crippen LogP contribution >= 0.6 is 0 Å². The van der Waals surface area contributed by atoms with Gasteiger partial charge in [0.25, 0.3) is 0 Å². The molecular formula is C26H35N4O2S+. The third-order valence-electron chi connectivity index (χ3n) is 6.29. The van der Waals surface area contributed by atoms with E-state index in [0.717, 1.165) is 35.5 Å². The summed E-state index contributed by atoms with van der Waals surface area (Å²) < 4.78 is 28.8. The summed E-state index contributed by atoms with van der Waals surface area (Å²) in [5, 5.41) is 4.54. The van der Waals surface area contributed by atoms with E-state index in [1.165, 1.54) is 31.5 Å². The molecule has 1 aromatic heterocycles. The average molecular weight is 468 g/mol. The number of nitrogens with one attached hydrogen (secondary N) is 1. The standard InChI is InChI=1S/C26H34N4O2S/c1-19(2)16-25-26(20(3)29(4)27-25)28-33(31,32)24-12-10-22(11-13-24)23-9-7-8-21(17-23)18-30-14-5-6-15-30/h7-13,17,19H,5-6,14-16,18H2,1-4H3,(H-,28,31,32)/p+1. The minimum Gasteiger partial charge on any atom is -0.299 e. The lowest BCUT2D eigenvalue weighted by Gasteiger charge is -2.15. The molecule has 0 spiro atoms. The van der Waals surface area contributed by atoms with Gasteiger partial charge in [-0.15, -0.1) is 0 Å². The first-order valence-electron chi connectivity index (χ1n) is 11.7. The predicted octanol–water partition coefficient (Wildman–Crippen LogP) is 5.55. The first kappa shape index (κ1) is 23.7. The van der Waals surface area contributed by atoms with Crippen LogP contribution in [0.5, 0.6) is 0 Å². The third kappa shape index (κ3) is 5.54. The van der Waals surface area contributed by atoms with Gasteiger partial charge in [0.15, 0.2) is 0 Å². The molecule has 2 heterocycles. The molecule has 1 fully saturated rings. The number of benzene rings is 2. The van der Waals surface area contributed by atoms with E-state index in [4.69, 9.17) is 0 Å². The minimum atomic E-state index is -3.46. The Kier molecular flexibility index (Phi) is 7.02. The Labute approximate surface area is 198 Å². The summed E-state index contributed by atoms with van der Waals surface area (Å²) in [6.45, 7) is 9.46. The van der Waals surface area contributed by atoms with Gasteiger partial charge in [0.05, 0.1) is 11.4 Å². The van der Waals surface area contributed by atoms with E-state index in [1.807, 2.05) is 26.1 Å². The molecule has 4 rings (SSSR count). The molecule has 0 saturated carbocycles. The highest BCUT2D eigenvalue weighted by atomic mass is 32.3. The molecule has 0 bridgehead atoms. The molecule has 7 heteroatoms. The third-order valence-corrected chi connectivity index (χ3v) is 7.68. The van der Waals surface area contributed by atoms with Gasteiger partial charge in [0, 0.05) is 13.6 Å². The van der Waals surface area contributed by atoms with Crippen molar-refractivity contribution in [2.24, 2.45) is 13.0 Å². The van der Waals surface area contributed by atoms with Crippen molar-refractivity contribution in [1.82, 2.24) is 14.7 Å². The van der Waals surface area contributed by atoms with Crippen molar-refractivity contribution in [3.8, 4) is 11.1 Å². The van der Waals surface area contributed by atoms with Crippen molar-refractivity contribution in [2.75, 3.05) is 17.8 Å². The molecular weight excluding hydrogens is 432 g/mol. The van der Waals surface area contributed by atoms with E-state index < -0.39 is 10.4 Å². The highest BCUT2D eigenvalue weighted by Gasteiger charge is 2.32. The van der Waals surface area contributed by atoms with Crippen LogP contribution in [-0.4, -0.2) is 32.3 Å². The van der Waals surface area contributed by atoms with E-state index in [1.54, 1.807) is 16.8 Å². The highest BCUT2D eigenvalue weighted by Crippen LogP contribution is 2.29. The summed E-state index contributed by atoms with van der Waals surface area (Å²) >= 11 is 0. The van der Waals surface area contributed by atoms with E-state index in [0.29, 0.717) is 16.5 Å². The minimum absolute atomic E-state index is 0.359. The lowest BCUT2D eigenvalue weighted by atomic mass is 10.0. The van der Waals surface area contributed by atoms with E-state index in [2.05, 4.69) is 52.8 Å². The second-order valence-electron chi connectivity index (χ2n) is 9.46. The summed E-state index contributed by atoms with van der Waals surface area (Å²) in [7, 11) is -1.61. The number of hydrogen-bond donors (Lipinski definition) is 2. The van der Waals surface area contributed by atoms with Gasteiger partial charge in [0.1, 0.15) is 5.69 Å². The first-order valence-corrected chi connectivity index (χ1v) is 13.2. The van der Waals surface area contributed by atoms with Gasteiger partial charge in [-0.3, -0.25) is 9.58 Å². The topological polar surface area (TPSA) is 70.4 Å². The fourth-order valence-electron chi connectivity index (χ4n) is 4.42. The molecule has 33 heavy (non-hydrogen) atoms. The highest BCUT2D eigenvalue weighted by molar-refractivity contribution is 7.99. The number of aromatic nitrogens is 2. The number of nitrogens with zero attached hydrogens (tertiary/aromatic N) is 3. The van der Waals surface area contributed by atoms with Crippen LogP contribution in [0.25, 0.3) is 11.1 Å². The van der Waals surface area contributed by atoms with E-state index in [-0.39, 0.29) is 0 Å². The van der Waals surface area contributed by atoms with Crippen LogP contribution in [-0.2, 0) is 34.6 Å². The maximum Gasteiger partial charge on any atom is 0.346 e.